The number of likely N-dealkylation sites (tertiary alicyclic amines) is 1. The van der Waals surface area contributed by atoms with Gasteiger partial charge in [0.25, 0.3) is 0 Å². The lowest BCUT2D eigenvalue weighted by Gasteiger charge is -2.29. The lowest BCUT2D eigenvalue weighted by Crippen LogP contribution is -2.54. The monoisotopic (exact) mass is 344 g/mol. The molecule has 4 atom stereocenters. The van der Waals surface area contributed by atoms with Gasteiger partial charge in [0.05, 0.1) is 18.4 Å². The van der Waals surface area contributed by atoms with Gasteiger partial charge >= 0.3 is 5.97 Å². The topological polar surface area (TPSA) is 75.7 Å². The van der Waals surface area contributed by atoms with Gasteiger partial charge in [-0.15, -0.1) is 0 Å². The van der Waals surface area contributed by atoms with E-state index in [4.69, 9.17) is 4.74 Å². The van der Waals surface area contributed by atoms with E-state index in [1.807, 2.05) is 31.2 Å². The Morgan fingerprint density at radius 2 is 1.92 bits per heavy atom. The number of rotatable bonds is 4. The van der Waals surface area contributed by atoms with Crippen molar-refractivity contribution < 1.29 is 19.1 Å². The molecule has 1 aromatic carbocycles. The third-order valence-electron chi connectivity index (χ3n) is 5.42. The number of esters is 1. The van der Waals surface area contributed by atoms with Crippen LogP contribution in [0.4, 0.5) is 0 Å². The Balaban J connectivity index is 2.11. The maximum absolute atomic E-state index is 12.9. The second-order valence-corrected chi connectivity index (χ2v) is 6.83. The molecule has 1 aromatic rings. The number of fused-ring (bicyclic) bond motifs is 1. The molecule has 25 heavy (non-hydrogen) atoms. The lowest BCUT2D eigenvalue weighted by atomic mass is 9.80. The van der Waals surface area contributed by atoms with Crippen LogP contribution in [0.1, 0.15) is 37.9 Å². The number of ether oxygens (including phenoxy) is 1. The summed E-state index contributed by atoms with van der Waals surface area (Å²) in [4.78, 5) is 39.7. The van der Waals surface area contributed by atoms with Gasteiger partial charge in [0.15, 0.2) is 0 Å². The van der Waals surface area contributed by atoms with E-state index in [9.17, 15) is 14.4 Å². The maximum atomic E-state index is 12.9. The predicted octanol–water partition coefficient (Wildman–Crippen LogP) is 1.58. The zero-order valence-electron chi connectivity index (χ0n) is 15.0. The van der Waals surface area contributed by atoms with Crippen LogP contribution < -0.4 is 5.32 Å². The van der Waals surface area contributed by atoms with Gasteiger partial charge in [-0.2, -0.15) is 0 Å². The zero-order chi connectivity index (χ0) is 18.4. The molecule has 0 aliphatic carbocycles. The number of nitrogens with zero attached hydrogens (tertiary/aromatic N) is 1. The summed E-state index contributed by atoms with van der Waals surface area (Å²) in [5.41, 5.74) is 0.733. The van der Waals surface area contributed by atoms with E-state index >= 15 is 0 Å². The van der Waals surface area contributed by atoms with E-state index in [0.717, 1.165) is 11.1 Å². The van der Waals surface area contributed by atoms with Crippen LogP contribution >= 0.6 is 0 Å². The molecule has 6 nitrogen and oxygen atoms in total. The van der Waals surface area contributed by atoms with Crippen molar-refractivity contribution in [2.75, 3.05) is 13.2 Å². The standard InChI is InChI=1S/C19H24N2O4/c1-5-21-16(22)13-14(17(21)23)19(4,18(24)25-6-2)20-15(13)12-10-8-7-9-11(12)3/h7-10,13-15,20H,5-6H2,1-4H3/t13-,14-,15+,19+/m0/s1. The van der Waals surface area contributed by atoms with Crippen molar-refractivity contribution in [3.8, 4) is 0 Å². The Bertz CT molecular complexity index is 732. The van der Waals surface area contributed by atoms with Gasteiger partial charge in [0, 0.05) is 12.6 Å². The van der Waals surface area contributed by atoms with E-state index in [-0.39, 0.29) is 18.4 Å². The average molecular weight is 344 g/mol. The minimum absolute atomic E-state index is 0.216. The van der Waals surface area contributed by atoms with Crippen molar-refractivity contribution in [1.29, 1.82) is 0 Å². The number of imide groups is 1. The molecule has 2 saturated heterocycles. The van der Waals surface area contributed by atoms with Crippen LogP contribution in [0.25, 0.3) is 0 Å². The van der Waals surface area contributed by atoms with E-state index in [1.54, 1.807) is 20.8 Å². The number of carbonyl (C=O) groups excluding carboxylic acids is 3. The molecule has 134 valence electrons. The first-order chi connectivity index (χ1) is 11.9. The SMILES string of the molecule is CCOC(=O)[C@]1(C)N[C@H](c2ccccc2C)[C@H]2C(=O)N(CC)C(=O)[C@H]21. The molecule has 0 bridgehead atoms. The lowest BCUT2D eigenvalue weighted by molar-refractivity contribution is -0.155. The van der Waals surface area contributed by atoms with Crippen LogP contribution in [0.15, 0.2) is 24.3 Å². The van der Waals surface area contributed by atoms with Gasteiger partial charge in [0.2, 0.25) is 11.8 Å². The second kappa shape index (κ2) is 6.26. The van der Waals surface area contributed by atoms with E-state index in [0.29, 0.717) is 6.54 Å². The van der Waals surface area contributed by atoms with E-state index < -0.39 is 29.4 Å². The van der Waals surface area contributed by atoms with Crippen LogP contribution in [-0.4, -0.2) is 41.4 Å². The molecule has 0 spiro atoms. The third-order valence-corrected chi connectivity index (χ3v) is 5.42. The molecule has 0 unspecified atom stereocenters. The summed E-state index contributed by atoms with van der Waals surface area (Å²) in [6.45, 7) is 7.67. The highest BCUT2D eigenvalue weighted by Crippen LogP contribution is 2.49. The molecule has 0 saturated carbocycles. The highest BCUT2D eigenvalue weighted by atomic mass is 16.5. The molecule has 0 aromatic heterocycles. The first-order valence-corrected chi connectivity index (χ1v) is 8.72. The fourth-order valence-corrected chi connectivity index (χ4v) is 4.18. The number of amides is 2. The average Bonchev–Trinajstić information content (AvgIpc) is 3.03. The van der Waals surface area contributed by atoms with Gasteiger partial charge in [-0.3, -0.25) is 24.6 Å². The summed E-state index contributed by atoms with van der Waals surface area (Å²) in [5, 5.41) is 3.27. The molecule has 3 rings (SSSR count). The molecule has 6 heteroatoms. The number of aryl methyl sites for hydroxylation is 1. The molecule has 2 aliphatic rings. The Morgan fingerprint density at radius 1 is 1.24 bits per heavy atom. The smallest absolute Gasteiger partial charge is 0.326 e. The second-order valence-electron chi connectivity index (χ2n) is 6.83. The van der Waals surface area contributed by atoms with Gasteiger partial charge in [-0.25, -0.2) is 0 Å². The number of carbonyl (C=O) groups is 3. The van der Waals surface area contributed by atoms with E-state index in [1.165, 1.54) is 4.90 Å². The summed E-state index contributed by atoms with van der Waals surface area (Å²) >= 11 is 0. The van der Waals surface area contributed by atoms with Crippen LogP contribution in [0.3, 0.4) is 0 Å². The summed E-state index contributed by atoms with van der Waals surface area (Å²) < 4.78 is 5.22. The van der Waals surface area contributed by atoms with Crippen LogP contribution in [-0.2, 0) is 19.1 Å². The normalized spacial score (nSPS) is 31.4. The van der Waals surface area contributed by atoms with Crippen LogP contribution in [0, 0.1) is 18.8 Å². The van der Waals surface area contributed by atoms with Crippen molar-refractivity contribution in [2.45, 2.75) is 39.3 Å². The summed E-state index contributed by atoms with van der Waals surface area (Å²) in [6.07, 6.45) is 0. The fraction of sp³-hybridized carbons (Fsp3) is 0.526. The van der Waals surface area contributed by atoms with Crippen molar-refractivity contribution in [3.05, 3.63) is 35.4 Å². The number of hydrogen-bond acceptors (Lipinski definition) is 5. The fourth-order valence-electron chi connectivity index (χ4n) is 4.18. The summed E-state index contributed by atoms with van der Waals surface area (Å²) in [6, 6.07) is 7.33. The van der Waals surface area contributed by atoms with E-state index in [2.05, 4.69) is 5.32 Å². The van der Waals surface area contributed by atoms with Crippen LogP contribution in [0.5, 0.6) is 0 Å². The Morgan fingerprint density at radius 3 is 2.52 bits per heavy atom. The van der Waals surface area contributed by atoms with Crippen molar-refractivity contribution in [1.82, 2.24) is 10.2 Å². The molecular formula is C19H24N2O4. The largest absolute Gasteiger partial charge is 0.465 e. The van der Waals surface area contributed by atoms with Crippen molar-refractivity contribution in [3.63, 3.8) is 0 Å². The van der Waals surface area contributed by atoms with Gasteiger partial charge in [0.1, 0.15) is 5.54 Å². The van der Waals surface area contributed by atoms with Crippen molar-refractivity contribution in [2.24, 2.45) is 11.8 Å². The third kappa shape index (κ3) is 2.47. The first-order valence-electron chi connectivity index (χ1n) is 8.72. The Hall–Kier alpha value is -2.21. The molecule has 2 amide bonds. The Kier molecular flexibility index (Phi) is 4.41. The molecule has 2 fully saturated rings. The predicted molar refractivity (Wildman–Crippen MR) is 91.5 cm³/mol. The molecule has 1 N–H and O–H groups in total. The number of hydrogen-bond donors (Lipinski definition) is 1. The molecule has 2 aliphatic heterocycles. The molecule has 2 heterocycles. The minimum Gasteiger partial charge on any atom is -0.465 e. The maximum Gasteiger partial charge on any atom is 0.326 e. The van der Waals surface area contributed by atoms with Gasteiger partial charge < -0.3 is 4.74 Å². The van der Waals surface area contributed by atoms with Gasteiger partial charge in [-0.05, 0) is 38.8 Å². The number of benzene rings is 1. The Labute approximate surface area is 147 Å². The highest BCUT2D eigenvalue weighted by molar-refractivity contribution is 6.09. The number of nitrogens with one attached hydrogen (secondary N) is 1. The van der Waals surface area contributed by atoms with Gasteiger partial charge in [-0.1, -0.05) is 24.3 Å². The molecular weight excluding hydrogens is 320 g/mol. The minimum atomic E-state index is -1.22. The summed E-state index contributed by atoms with van der Waals surface area (Å²) in [5.74, 6) is -2.34. The molecule has 0 radical (unpaired) electrons. The highest BCUT2D eigenvalue weighted by Gasteiger charge is 2.66. The van der Waals surface area contributed by atoms with Crippen LogP contribution in [0.2, 0.25) is 0 Å². The first kappa shape index (κ1) is 17.6. The summed E-state index contributed by atoms with van der Waals surface area (Å²) in [7, 11) is 0. The quantitative estimate of drug-likeness (QED) is 0.663. The zero-order valence-corrected chi connectivity index (χ0v) is 15.0. The van der Waals surface area contributed by atoms with Crippen molar-refractivity contribution >= 4 is 17.8 Å².